The molecule has 1 amide bonds. The summed E-state index contributed by atoms with van der Waals surface area (Å²) in [4.78, 5) is 14.5. The monoisotopic (exact) mass is 342 g/mol. The van der Waals surface area contributed by atoms with Gasteiger partial charge in [-0.1, -0.05) is 32.9 Å². The quantitative estimate of drug-likeness (QED) is 0.857. The fourth-order valence-electron chi connectivity index (χ4n) is 3.21. The van der Waals surface area contributed by atoms with Gasteiger partial charge in [-0.15, -0.1) is 10.2 Å². The van der Waals surface area contributed by atoms with E-state index in [-0.39, 0.29) is 24.0 Å². The summed E-state index contributed by atoms with van der Waals surface area (Å²) < 4.78 is 7.59. The zero-order valence-corrected chi connectivity index (χ0v) is 15.4. The molecule has 0 N–H and O–H groups in total. The SMILES string of the molecule is Cn1cnnc1C1CCCN1C(=O)COc1ccc(C(C)(C)C)cc1. The van der Waals surface area contributed by atoms with Crippen molar-refractivity contribution in [3.05, 3.63) is 42.0 Å². The Bertz CT molecular complexity index is 731. The van der Waals surface area contributed by atoms with Crippen molar-refractivity contribution in [1.82, 2.24) is 19.7 Å². The maximum absolute atomic E-state index is 12.6. The molecule has 6 heteroatoms. The van der Waals surface area contributed by atoms with Gasteiger partial charge in [-0.25, -0.2) is 0 Å². The Morgan fingerprint density at radius 1 is 1.28 bits per heavy atom. The molecule has 1 aliphatic heterocycles. The second kappa shape index (κ2) is 6.86. The molecule has 6 nitrogen and oxygen atoms in total. The molecule has 0 radical (unpaired) electrons. The molecule has 1 saturated heterocycles. The number of ether oxygens (including phenoxy) is 1. The molecule has 1 aromatic carbocycles. The number of nitrogens with zero attached hydrogens (tertiary/aromatic N) is 4. The van der Waals surface area contributed by atoms with Gasteiger partial charge in [0.2, 0.25) is 0 Å². The van der Waals surface area contributed by atoms with Crippen molar-refractivity contribution in [2.75, 3.05) is 13.2 Å². The number of amides is 1. The molecule has 0 spiro atoms. The van der Waals surface area contributed by atoms with E-state index in [0.29, 0.717) is 0 Å². The van der Waals surface area contributed by atoms with Crippen LogP contribution in [0.25, 0.3) is 0 Å². The summed E-state index contributed by atoms with van der Waals surface area (Å²) >= 11 is 0. The van der Waals surface area contributed by atoms with Crippen LogP contribution in [0.2, 0.25) is 0 Å². The molecule has 0 aliphatic carbocycles. The van der Waals surface area contributed by atoms with Crippen molar-refractivity contribution in [2.24, 2.45) is 7.05 Å². The number of carbonyl (C=O) groups excluding carboxylic acids is 1. The molecule has 0 saturated carbocycles. The highest BCUT2D eigenvalue weighted by atomic mass is 16.5. The van der Waals surface area contributed by atoms with Crippen molar-refractivity contribution in [3.63, 3.8) is 0 Å². The van der Waals surface area contributed by atoms with E-state index in [1.54, 1.807) is 6.33 Å². The van der Waals surface area contributed by atoms with Gasteiger partial charge in [0.05, 0.1) is 6.04 Å². The Balaban J connectivity index is 1.61. The molecule has 1 aliphatic rings. The van der Waals surface area contributed by atoms with Crippen LogP contribution in [0.1, 0.15) is 51.0 Å². The molecule has 1 unspecified atom stereocenters. The number of likely N-dealkylation sites (tertiary alicyclic amines) is 1. The molecular formula is C19H26N4O2. The standard InChI is InChI=1S/C19H26N4O2/c1-19(2,3)14-7-9-15(10-8-14)25-12-17(24)23-11-5-6-16(23)18-21-20-13-22(18)4/h7-10,13,16H,5-6,11-12H2,1-4H3. The molecule has 3 rings (SSSR count). The summed E-state index contributed by atoms with van der Waals surface area (Å²) in [7, 11) is 1.91. The number of carbonyl (C=O) groups is 1. The summed E-state index contributed by atoms with van der Waals surface area (Å²) in [6.07, 6.45) is 3.56. The van der Waals surface area contributed by atoms with E-state index in [0.717, 1.165) is 31.0 Å². The van der Waals surface area contributed by atoms with Gasteiger partial charge >= 0.3 is 0 Å². The van der Waals surface area contributed by atoms with Gasteiger partial charge in [-0.05, 0) is 36.0 Å². The summed E-state index contributed by atoms with van der Waals surface area (Å²) in [5.41, 5.74) is 1.35. The largest absolute Gasteiger partial charge is 0.484 e. The lowest BCUT2D eigenvalue weighted by atomic mass is 9.87. The number of benzene rings is 1. The van der Waals surface area contributed by atoms with Crippen LogP contribution in [-0.2, 0) is 17.3 Å². The minimum absolute atomic E-state index is 0.00753. The third kappa shape index (κ3) is 3.83. The lowest BCUT2D eigenvalue weighted by molar-refractivity contribution is -0.134. The second-order valence-corrected chi connectivity index (χ2v) is 7.61. The van der Waals surface area contributed by atoms with Crippen LogP contribution >= 0.6 is 0 Å². The number of hydrogen-bond donors (Lipinski definition) is 0. The predicted molar refractivity (Wildman–Crippen MR) is 95.3 cm³/mol. The average Bonchev–Trinajstić information content (AvgIpc) is 3.20. The molecule has 134 valence electrons. The first kappa shape index (κ1) is 17.5. The molecule has 1 fully saturated rings. The molecule has 1 aromatic heterocycles. The maximum atomic E-state index is 12.6. The van der Waals surface area contributed by atoms with Crippen LogP contribution in [0.3, 0.4) is 0 Å². The minimum Gasteiger partial charge on any atom is -0.484 e. The first-order valence-electron chi connectivity index (χ1n) is 8.73. The Hall–Kier alpha value is -2.37. The van der Waals surface area contributed by atoms with Crippen molar-refractivity contribution >= 4 is 5.91 Å². The van der Waals surface area contributed by atoms with Crippen molar-refractivity contribution in [3.8, 4) is 5.75 Å². The number of rotatable bonds is 4. The average molecular weight is 342 g/mol. The highest BCUT2D eigenvalue weighted by Crippen LogP contribution is 2.30. The van der Waals surface area contributed by atoms with Crippen LogP contribution in [0.4, 0.5) is 0 Å². The van der Waals surface area contributed by atoms with E-state index in [4.69, 9.17) is 4.74 Å². The number of aromatic nitrogens is 3. The van der Waals surface area contributed by atoms with Gasteiger partial charge in [0.25, 0.3) is 5.91 Å². The summed E-state index contributed by atoms with van der Waals surface area (Å²) in [6, 6.07) is 7.96. The highest BCUT2D eigenvalue weighted by molar-refractivity contribution is 5.78. The van der Waals surface area contributed by atoms with Gasteiger partial charge in [0, 0.05) is 13.6 Å². The molecule has 1 atom stereocenters. The Kier molecular flexibility index (Phi) is 4.79. The lowest BCUT2D eigenvalue weighted by Gasteiger charge is -2.24. The molecule has 0 bridgehead atoms. The fourth-order valence-corrected chi connectivity index (χ4v) is 3.21. The van der Waals surface area contributed by atoms with Crippen molar-refractivity contribution in [2.45, 2.75) is 45.1 Å². The van der Waals surface area contributed by atoms with Gasteiger partial charge in [0.15, 0.2) is 12.4 Å². The topological polar surface area (TPSA) is 60.2 Å². The summed E-state index contributed by atoms with van der Waals surface area (Å²) in [6.45, 7) is 7.30. The minimum atomic E-state index is -0.00889. The van der Waals surface area contributed by atoms with E-state index in [1.165, 1.54) is 5.56 Å². The first-order valence-corrected chi connectivity index (χ1v) is 8.73. The van der Waals surface area contributed by atoms with Crippen molar-refractivity contribution < 1.29 is 9.53 Å². The van der Waals surface area contributed by atoms with E-state index in [2.05, 4.69) is 43.1 Å². The van der Waals surface area contributed by atoms with Crippen LogP contribution in [-0.4, -0.2) is 38.7 Å². The Labute approximate surface area is 148 Å². The smallest absolute Gasteiger partial charge is 0.261 e. The van der Waals surface area contributed by atoms with E-state index in [9.17, 15) is 4.79 Å². The van der Waals surface area contributed by atoms with Gasteiger partial charge in [-0.3, -0.25) is 4.79 Å². The number of hydrogen-bond acceptors (Lipinski definition) is 4. The summed E-state index contributed by atoms with van der Waals surface area (Å²) in [5, 5.41) is 8.08. The van der Waals surface area contributed by atoms with Crippen LogP contribution in [0.15, 0.2) is 30.6 Å². The second-order valence-electron chi connectivity index (χ2n) is 7.61. The van der Waals surface area contributed by atoms with Gasteiger partial charge in [0.1, 0.15) is 12.1 Å². The fraction of sp³-hybridized carbons (Fsp3) is 0.526. The molecule has 2 aromatic rings. The Morgan fingerprint density at radius 2 is 2.00 bits per heavy atom. The van der Waals surface area contributed by atoms with E-state index in [1.807, 2.05) is 28.6 Å². The normalized spacial score (nSPS) is 17.8. The molecular weight excluding hydrogens is 316 g/mol. The Morgan fingerprint density at radius 3 is 2.60 bits per heavy atom. The first-order chi connectivity index (χ1) is 11.9. The zero-order chi connectivity index (χ0) is 18.0. The third-order valence-corrected chi connectivity index (χ3v) is 4.70. The molecule has 2 heterocycles. The predicted octanol–water partition coefficient (Wildman–Crippen LogP) is 2.86. The van der Waals surface area contributed by atoms with Crippen LogP contribution in [0, 0.1) is 0 Å². The summed E-state index contributed by atoms with van der Waals surface area (Å²) in [5.74, 6) is 1.54. The highest BCUT2D eigenvalue weighted by Gasteiger charge is 2.32. The van der Waals surface area contributed by atoms with Crippen LogP contribution < -0.4 is 4.74 Å². The molecule has 25 heavy (non-hydrogen) atoms. The lowest BCUT2D eigenvalue weighted by Crippen LogP contribution is -2.35. The van der Waals surface area contributed by atoms with E-state index >= 15 is 0 Å². The van der Waals surface area contributed by atoms with Gasteiger partial charge in [-0.2, -0.15) is 0 Å². The number of aryl methyl sites for hydroxylation is 1. The van der Waals surface area contributed by atoms with Crippen molar-refractivity contribution in [1.29, 1.82) is 0 Å². The zero-order valence-electron chi connectivity index (χ0n) is 15.4. The van der Waals surface area contributed by atoms with Crippen LogP contribution in [0.5, 0.6) is 5.75 Å². The van der Waals surface area contributed by atoms with E-state index < -0.39 is 0 Å². The third-order valence-electron chi connectivity index (χ3n) is 4.70. The maximum Gasteiger partial charge on any atom is 0.261 e. The van der Waals surface area contributed by atoms with Gasteiger partial charge < -0.3 is 14.2 Å².